The lowest BCUT2D eigenvalue weighted by Gasteiger charge is -2.24. The Morgan fingerprint density at radius 1 is 1.20 bits per heavy atom. The van der Waals surface area contributed by atoms with Gasteiger partial charge in [0.2, 0.25) is 17.8 Å². The summed E-state index contributed by atoms with van der Waals surface area (Å²) in [6.07, 6.45) is 8.41. The molecule has 41 heavy (non-hydrogen) atoms. The number of likely N-dealkylation sites (N-methyl/N-ethyl adjacent to an activating group) is 2. The lowest BCUT2D eigenvalue weighted by atomic mass is 10.1. The number of carbonyl (C=O) groups is 2. The molecule has 10 nitrogen and oxygen atoms in total. The first-order chi connectivity index (χ1) is 19.7. The highest BCUT2D eigenvalue weighted by molar-refractivity contribution is 5.92. The van der Waals surface area contributed by atoms with Gasteiger partial charge in [-0.3, -0.25) is 9.59 Å². The van der Waals surface area contributed by atoms with Crippen molar-refractivity contribution in [3.8, 4) is 17.9 Å². The summed E-state index contributed by atoms with van der Waals surface area (Å²) in [5.74, 6) is 7.48. The number of anilines is 3. The zero-order chi connectivity index (χ0) is 29.8. The molecule has 2 amide bonds. The SMILES string of the molecule is CCCNc1nc(Nc2ccc(C#N)cc2)ncc1C#C[C@@H]1CC[C@H](NC(=O)[C@H](C)N(C)C(=O)/C=C/CN(C)C)C1. The van der Waals surface area contributed by atoms with Gasteiger partial charge >= 0.3 is 0 Å². The smallest absolute Gasteiger partial charge is 0.246 e. The number of benzene rings is 1. The van der Waals surface area contributed by atoms with Gasteiger partial charge in [0.15, 0.2) is 0 Å². The van der Waals surface area contributed by atoms with Crippen LogP contribution in [0.5, 0.6) is 0 Å². The third kappa shape index (κ3) is 9.63. The van der Waals surface area contributed by atoms with Gasteiger partial charge in [0, 0.05) is 43.9 Å². The molecule has 3 atom stereocenters. The van der Waals surface area contributed by atoms with E-state index in [-0.39, 0.29) is 23.8 Å². The summed E-state index contributed by atoms with van der Waals surface area (Å²) in [5.41, 5.74) is 2.09. The van der Waals surface area contributed by atoms with Crippen molar-refractivity contribution in [2.75, 3.05) is 44.9 Å². The number of aromatic nitrogens is 2. The van der Waals surface area contributed by atoms with Gasteiger partial charge in [-0.15, -0.1) is 0 Å². The maximum absolute atomic E-state index is 12.8. The van der Waals surface area contributed by atoms with Crippen LogP contribution < -0.4 is 16.0 Å². The number of hydrogen-bond donors (Lipinski definition) is 3. The first kappa shape index (κ1) is 31.1. The zero-order valence-corrected chi connectivity index (χ0v) is 24.6. The molecule has 3 N–H and O–H groups in total. The predicted molar refractivity (Wildman–Crippen MR) is 161 cm³/mol. The van der Waals surface area contributed by atoms with Crippen LogP contribution in [0, 0.1) is 29.1 Å². The van der Waals surface area contributed by atoms with Crippen LogP contribution in [0.3, 0.4) is 0 Å². The van der Waals surface area contributed by atoms with E-state index < -0.39 is 6.04 Å². The fourth-order valence-corrected chi connectivity index (χ4v) is 4.26. The Morgan fingerprint density at radius 2 is 1.95 bits per heavy atom. The summed E-state index contributed by atoms with van der Waals surface area (Å²) in [5, 5.41) is 18.6. The molecule has 0 radical (unpaired) electrons. The molecule has 10 heteroatoms. The minimum atomic E-state index is -0.572. The van der Waals surface area contributed by atoms with E-state index in [1.54, 1.807) is 38.4 Å². The highest BCUT2D eigenvalue weighted by atomic mass is 16.2. The fraction of sp³-hybridized carbons (Fsp3) is 0.452. The van der Waals surface area contributed by atoms with Crippen LogP contribution in [-0.2, 0) is 9.59 Å². The number of nitrogens with zero attached hydrogens (tertiary/aromatic N) is 5. The van der Waals surface area contributed by atoms with Crippen molar-refractivity contribution in [2.24, 2.45) is 5.92 Å². The van der Waals surface area contributed by atoms with Crippen molar-refractivity contribution in [1.29, 1.82) is 5.26 Å². The molecule has 1 aliphatic rings. The maximum Gasteiger partial charge on any atom is 0.246 e. The fourth-order valence-electron chi connectivity index (χ4n) is 4.26. The van der Waals surface area contributed by atoms with Crippen LogP contribution >= 0.6 is 0 Å². The Morgan fingerprint density at radius 3 is 2.63 bits per heavy atom. The van der Waals surface area contributed by atoms with Gasteiger partial charge in [-0.2, -0.15) is 10.2 Å². The monoisotopic (exact) mass is 556 g/mol. The molecule has 3 rings (SSSR count). The van der Waals surface area contributed by atoms with Gasteiger partial charge in [-0.25, -0.2) is 4.98 Å². The second-order valence-electron chi connectivity index (χ2n) is 10.5. The summed E-state index contributed by atoms with van der Waals surface area (Å²) in [7, 11) is 5.50. The largest absolute Gasteiger partial charge is 0.369 e. The Balaban J connectivity index is 1.59. The van der Waals surface area contributed by atoms with Crippen molar-refractivity contribution in [2.45, 2.75) is 51.6 Å². The Hall–Kier alpha value is -4.41. The van der Waals surface area contributed by atoms with E-state index >= 15 is 0 Å². The molecule has 1 aromatic heterocycles. The molecule has 0 aliphatic heterocycles. The second kappa shape index (κ2) is 15.4. The molecular weight excluding hydrogens is 516 g/mol. The van der Waals surface area contributed by atoms with Gasteiger partial charge in [0.05, 0.1) is 23.4 Å². The van der Waals surface area contributed by atoms with E-state index in [9.17, 15) is 9.59 Å². The highest BCUT2D eigenvalue weighted by Gasteiger charge is 2.28. The van der Waals surface area contributed by atoms with Crippen LogP contribution in [-0.4, -0.2) is 77.9 Å². The molecule has 1 fully saturated rings. The first-order valence-electron chi connectivity index (χ1n) is 14.0. The van der Waals surface area contributed by atoms with Gasteiger partial charge in [0.1, 0.15) is 11.9 Å². The number of amides is 2. The number of rotatable bonds is 11. The van der Waals surface area contributed by atoms with E-state index in [2.05, 4.69) is 50.8 Å². The summed E-state index contributed by atoms with van der Waals surface area (Å²) in [4.78, 5) is 37.7. The van der Waals surface area contributed by atoms with E-state index in [4.69, 9.17) is 5.26 Å². The standard InChI is InChI=1S/C31H40N8O2/c1-6-17-33-29-25(21-34-31(37-29)36-26-14-11-24(20-32)12-15-26)13-9-23-10-16-27(19-23)35-30(41)22(2)39(5)28(40)8-7-18-38(3)4/h7-8,11-12,14-15,21-23,27H,6,10,16-19H2,1-5H3,(H,35,41)(H2,33,34,36,37)/b8-7+/t22-,23+,27-/m0/s1. The summed E-state index contributed by atoms with van der Waals surface area (Å²) in [6, 6.07) is 8.64. The molecule has 0 bridgehead atoms. The van der Waals surface area contributed by atoms with Crippen LogP contribution in [0.1, 0.15) is 50.7 Å². The first-order valence-corrected chi connectivity index (χ1v) is 14.0. The molecule has 1 aliphatic carbocycles. The average Bonchev–Trinajstić information content (AvgIpc) is 3.41. The topological polar surface area (TPSA) is 126 Å². The molecular formula is C31H40N8O2. The number of hydrogen-bond acceptors (Lipinski definition) is 8. The third-order valence-electron chi connectivity index (χ3n) is 6.83. The zero-order valence-electron chi connectivity index (χ0n) is 24.6. The minimum Gasteiger partial charge on any atom is -0.369 e. The van der Waals surface area contributed by atoms with Gasteiger partial charge < -0.3 is 25.8 Å². The number of nitriles is 1. The Labute approximate surface area is 243 Å². The van der Waals surface area contributed by atoms with E-state index in [0.29, 0.717) is 29.4 Å². The molecule has 1 heterocycles. The van der Waals surface area contributed by atoms with Gasteiger partial charge in [-0.1, -0.05) is 24.8 Å². The van der Waals surface area contributed by atoms with Crippen LogP contribution in [0.4, 0.5) is 17.5 Å². The number of nitrogens with one attached hydrogen (secondary N) is 3. The quantitative estimate of drug-likeness (QED) is 0.284. The van der Waals surface area contributed by atoms with Crippen molar-refractivity contribution in [1.82, 2.24) is 25.1 Å². The molecule has 0 unspecified atom stereocenters. The molecule has 1 saturated carbocycles. The molecule has 1 aromatic carbocycles. The average molecular weight is 557 g/mol. The van der Waals surface area contributed by atoms with Crippen molar-refractivity contribution in [3.63, 3.8) is 0 Å². The summed E-state index contributed by atoms with van der Waals surface area (Å²) < 4.78 is 0. The van der Waals surface area contributed by atoms with Crippen LogP contribution in [0.2, 0.25) is 0 Å². The Bertz CT molecular complexity index is 1320. The lowest BCUT2D eigenvalue weighted by Crippen LogP contribution is -2.48. The van der Waals surface area contributed by atoms with Crippen molar-refractivity contribution < 1.29 is 9.59 Å². The van der Waals surface area contributed by atoms with Crippen LogP contribution in [0.25, 0.3) is 0 Å². The molecule has 0 saturated heterocycles. The summed E-state index contributed by atoms with van der Waals surface area (Å²) >= 11 is 0. The predicted octanol–water partition coefficient (Wildman–Crippen LogP) is 3.51. The van der Waals surface area contributed by atoms with Crippen molar-refractivity contribution >= 4 is 29.3 Å². The van der Waals surface area contributed by atoms with Gasteiger partial charge in [-0.05, 0) is 71.0 Å². The minimum absolute atomic E-state index is 0.0185. The normalized spacial score (nSPS) is 16.9. The van der Waals surface area contributed by atoms with E-state index in [1.807, 2.05) is 31.1 Å². The summed E-state index contributed by atoms with van der Waals surface area (Å²) in [6.45, 7) is 5.23. The van der Waals surface area contributed by atoms with E-state index in [0.717, 1.165) is 37.9 Å². The van der Waals surface area contributed by atoms with Gasteiger partial charge in [0.25, 0.3) is 0 Å². The highest BCUT2D eigenvalue weighted by Crippen LogP contribution is 2.26. The van der Waals surface area contributed by atoms with Crippen molar-refractivity contribution in [3.05, 3.63) is 53.7 Å². The third-order valence-corrected chi connectivity index (χ3v) is 6.83. The molecule has 2 aromatic rings. The lowest BCUT2D eigenvalue weighted by molar-refractivity contribution is -0.135. The van der Waals surface area contributed by atoms with E-state index in [1.165, 1.54) is 11.0 Å². The molecule has 0 spiro atoms. The van der Waals surface area contributed by atoms with Crippen LogP contribution in [0.15, 0.2) is 42.6 Å². The molecule has 216 valence electrons. The second-order valence-corrected chi connectivity index (χ2v) is 10.5. The maximum atomic E-state index is 12.8. The number of carbonyl (C=O) groups excluding carboxylic acids is 2. The Kier molecular flexibility index (Phi) is 11.7.